The number of rotatable bonds is 8. The molecule has 26 heavy (non-hydrogen) atoms. The third-order valence-corrected chi connectivity index (χ3v) is 4.47. The molecule has 0 aliphatic heterocycles. The van der Waals surface area contributed by atoms with Crippen molar-refractivity contribution in [3.8, 4) is 17.2 Å². The van der Waals surface area contributed by atoms with E-state index in [0.29, 0.717) is 51.9 Å². The standard InChI is InChI=1S/C19H21BrClNO4/c1-4-26-19-14(20)10-13(21)11-15(19)22-18(23)8-6-12-5-7-16(24-2)17(9-12)25-3/h5,7,9-11H,4,6,8H2,1-3H3,(H,22,23). The highest BCUT2D eigenvalue weighted by atomic mass is 79.9. The smallest absolute Gasteiger partial charge is 0.224 e. The number of carbonyl (C=O) groups excluding carboxylic acids is 1. The molecule has 0 radical (unpaired) electrons. The first-order chi connectivity index (χ1) is 12.5. The van der Waals surface area contributed by atoms with Crippen LogP contribution < -0.4 is 19.5 Å². The lowest BCUT2D eigenvalue weighted by molar-refractivity contribution is -0.116. The predicted octanol–water partition coefficient (Wildman–Crippen LogP) is 5.09. The molecule has 0 bridgehead atoms. The van der Waals surface area contributed by atoms with E-state index in [1.165, 1.54) is 0 Å². The van der Waals surface area contributed by atoms with E-state index in [4.69, 9.17) is 25.8 Å². The Balaban J connectivity index is 2.06. The molecule has 0 aliphatic rings. The number of methoxy groups -OCH3 is 2. The van der Waals surface area contributed by atoms with Crippen molar-refractivity contribution in [2.75, 3.05) is 26.1 Å². The highest BCUT2D eigenvalue weighted by Crippen LogP contribution is 2.36. The molecule has 1 amide bonds. The molecular formula is C19H21BrClNO4. The van der Waals surface area contributed by atoms with Gasteiger partial charge in [0.25, 0.3) is 0 Å². The van der Waals surface area contributed by atoms with Crippen molar-refractivity contribution in [3.63, 3.8) is 0 Å². The zero-order valence-corrected chi connectivity index (χ0v) is 17.2. The Morgan fingerprint density at radius 2 is 1.88 bits per heavy atom. The number of ether oxygens (including phenoxy) is 3. The van der Waals surface area contributed by atoms with E-state index in [-0.39, 0.29) is 5.91 Å². The number of carbonyl (C=O) groups is 1. The molecular weight excluding hydrogens is 422 g/mol. The maximum absolute atomic E-state index is 12.4. The second-order valence-electron chi connectivity index (χ2n) is 5.43. The summed E-state index contributed by atoms with van der Waals surface area (Å²) in [7, 11) is 3.17. The van der Waals surface area contributed by atoms with Crippen molar-refractivity contribution in [1.82, 2.24) is 0 Å². The first-order valence-electron chi connectivity index (χ1n) is 8.11. The summed E-state index contributed by atoms with van der Waals surface area (Å²) in [6.45, 7) is 2.36. The summed E-state index contributed by atoms with van der Waals surface area (Å²) in [4.78, 5) is 12.4. The Bertz CT molecular complexity index is 782. The number of hydrogen-bond donors (Lipinski definition) is 1. The van der Waals surface area contributed by atoms with Crippen LogP contribution in [-0.4, -0.2) is 26.7 Å². The van der Waals surface area contributed by atoms with Gasteiger partial charge in [-0.15, -0.1) is 0 Å². The summed E-state index contributed by atoms with van der Waals surface area (Å²) in [5.41, 5.74) is 1.53. The summed E-state index contributed by atoms with van der Waals surface area (Å²) in [5, 5.41) is 3.37. The molecule has 0 saturated heterocycles. The summed E-state index contributed by atoms with van der Waals surface area (Å²) < 4.78 is 16.8. The van der Waals surface area contributed by atoms with E-state index in [1.807, 2.05) is 25.1 Å². The lowest BCUT2D eigenvalue weighted by Gasteiger charge is -2.14. The topological polar surface area (TPSA) is 56.8 Å². The molecule has 140 valence electrons. The van der Waals surface area contributed by atoms with Crippen LogP contribution in [0.5, 0.6) is 17.2 Å². The van der Waals surface area contributed by atoms with Gasteiger partial charge < -0.3 is 19.5 Å². The molecule has 2 aromatic carbocycles. The number of aryl methyl sites for hydroxylation is 1. The van der Waals surface area contributed by atoms with Gasteiger partial charge in [0.2, 0.25) is 5.91 Å². The number of halogens is 2. The minimum Gasteiger partial charge on any atom is -0.493 e. The molecule has 0 fully saturated rings. The fraction of sp³-hybridized carbons (Fsp3) is 0.316. The van der Waals surface area contributed by atoms with Crippen LogP contribution in [0.4, 0.5) is 5.69 Å². The Morgan fingerprint density at radius 1 is 1.15 bits per heavy atom. The van der Waals surface area contributed by atoms with E-state index in [0.717, 1.165) is 5.56 Å². The summed E-state index contributed by atoms with van der Waals surface area (Å²) in [6.07, 6.45) is 0.878. The van der Waals surface area contributed by atoms with Gasteiger partial charge in [-0.1, -0.05) is 17.7 Å². The Morgan fingerprint density at radius 3 is 2.54 bits per heavy atom. The van der Waals surface area contributed by atoms with E-state index in [2.05, 4.69) is 21.2 Å². The van der Waals surface area contributed by atoms with Gasteiger partial charge in [0.05, 0.1) is 31.0 Å². The maximum atomic E-state index is 12.4. The molecule has 7 heteroatoms. The summed E-state index contributed by atoms with van der Waals surface area (Å²) in [5.74, 6) is 1.74. The lowest BCUT2D eigenvalue weighted by Crippen LogP contribution is -2.13. The number of nitrogens with one attached hydrogen (secondary N) is 1. The molecule has 0 atom stereocenters. The van der Waals surface area contributed by atoms with E-state index < -0.39 is 0 Å². The summed E-state index contributed by atoms with van der Waals surface area (Å²) in [6, 6.07) is 9.01. The van der Waals surface area contributed by atoms with E-state index in [9.17, 15) is 4.79 Å². The van der Waals surface area contributed by atoms with Gasteiger partial charge >= 0.3 is 0 Å². The molecule has 0 aliphatic carbocycles. The lowest BCUT2D eigenvalue weighted by atomic mass is 10.1. The van der Waals surface area contributed by atoms with Crippen molar-refractivity contribution in [2.45, 2.75) is 19.8 Å². The van der Waals surface area contributed by atoms with Gasteiger partial charge in [0.1, 0.15) is 0 Å². The molecule has 0 saturated carbocycles. The molecule has 0 spiro atoms. The van der Waals surface area contributed by atoms with Gasteiger partial charge in [-0.05, 0) is 59.1 Å². The van der Waals surface area contributed by atoms with Gasteiger partial charge in [-0.3, -0.25) is 4.79 Å². The third kappa shape index (κ3) is 5.29. The number of hydrogen-bond acceptors (Lipinski definition) is 4. The second-order valence-corrected chi connectivity index (χ2v) is 6.73. The molecule has 2 aromatic rings. The monoisotopic (exact) mass is 441 g/mol. The van der Waals surface area contributed by atoms with Crippen molar-refractivity contribution in [1.29, 1.82) is 0 Å². The fourth-order valence-corrected chi connectivity index (χ4v) is 3.38. The first kappa shape index (κ1) is 20.4. The second kappa shape index (κ2) is 9.69. The van der Waals surface area contributed by atoms with Crippen molar-refractivity contribution in [3.05, 3.63) is 45.4 Å². The first-order valence-corrected chi connectivity index (χ1v) is 9.28. The molecule has 5 nitrogen and oxygen atoms in total. The van der Waals surface area contributed by atoms with Crippen molar-refractivity contribution < 1.29 is 19.0 Å². The highest BCUT2D eigenvalue weighted by Gasteiger charge is 2.13. The molecule has 0 aromatic heterocycles. The molecule has 0 heterocycles. The van der Waals surface area contributed by atoms with E-state index >= 15 is 0 Å². The van der Waals surface area contributed by atoms with Crippen LogP contribution in [0, 0.1) is 0 Å². The maximum Gasteiger partial charge on any atom is 0.224 e. The minimum atomic E-state index is -0.130. The average molecular weight is 443 g/mol. The van der Waals surface area contributed by atoms with Gasteiger partial charge in [0.15, 0.2) is 17.2 Å². The minimum absolute atomic E-state index is 0.130. The number of benzene rings is 2. The Hall–Kier alpha value is -1.92. The van der Waals surface area contributed by atoms with Crippen LogP contribution in [0.3, 0.4) is 0 Å². The third-order valence-electron chi connectivity index (χ3n) is 3.66. The van der Waals surface area contributed by atoms with Crippen LogP contribution in [0.2, 0.25) is 5.02 Å². The zero-order chi connectivity index (χ0) is 19.1. The molecule has 1 N–H and O–H groups in total. The quantitative estimate of drug-likeness (QED) is 0.619. The van der Waals surface area contributed by atoms with Gasteiger partial charge in [-0.2, -0.15) is 0 Å². The average Bonchev–Trinajstić information content (AvgIpc) is 2.62. The van der Waals surface area contributed by atoms with Crippen LogP contribution >= 0.6 is 27.5 Å². The van der Waals surface area contributed by atoms with Crippen LogP contribution in [-0.2, 0) is 11.2 Å². The van der Waals surface area contributed by atoms with Gasteiger partial charge in [-0.25, -0.2) is 0 Å². The van der Waals surface area contributed by atoms with Crippen LogP contribution in [0.25, 0.3) is 0 Å². The molecule has 0 unspecified atom stereocenters. The predicted molar refractivity (Wildman–Crippen MR) is 107 cm³/mol. The Kier molecular flexibility index (Phi) is 7.60. The van der Waals surface area contributed by atoms with Crippen molar-refractivity contribution >= 4 is 39.1 Å². The largest absolute Gasteiger partial charge is 0.493 e. The molecule has 2 rings (SSSR count). The fourth-order valence-electron chi connectivity index (χ4n) is 2.45. The van der Waals surface area contributed by atoms with E-state index in [1.54, 1.807) is 26.4 Å². The normalized spacial score (nSPS) is 10.3. The SMILES string of the molecule is CCOc1c(Br)cc(Cl)cc1NC(=O)CCc1ccc(OC)c(OC)c1. The number of anilines is 1. The Labute approximate surface area is 166 Å². The van der Waals surface area contributed by atoms with Crippen molar-refractivity contribution in [2.24, 2.45) is 0 Å². The van der Waals surface area contributed by atoms with Gasteiger partial charge in [0, 0.05) is 11.4 Å². The zero-order valence-electron chi connectivity index (χ0n) is 14.9. The summed E-state index contributed by atoms with van der Waals surface area (Å²) >= 11 is 9.49. The van der Waals surface area contributed by atoms with Crippen LogP contribution in [0.1, 0.15) is 18.9 Å². The van der Waals surface area contributed by atoms with Crippen LogP contribution in [0.15, 0.2) is 34.8 Å². The highest BCUT2D eigenvalue weighted by molar-refractivity contribution is 9.10. The number of amides is 1.